The van der Waals surface area contributed by atoms with E-state index in [9.17, 15) is 15.3 Å². The third-order valence-electron chi connectivity index (χ3n) is 16.0. The molecule has 0 bridgehead atoms. The SMILES string of the molecule is CN1CCN(c2cc(C(C)(c3cc(N4CCN(C)CC4)c(O)c(N4CCN(C)CC4)c3)c3cc(N4CCN(C)CC4)c(O)c(N4CCN(C)CC4)c3)cc(N3CCN(C)CC3)c2O)CC1. The Balaban J connectivity index is 1.32. The maximum absolute atomic E-state index is 12.6. The number of phenols is 3. The number of piperazine rings is 6. The molecular formula is C50H78N12O3. The Morgan fingerprint density at radius 2 is 0.415 bits per heavy atom. The Morgan fingerprint density at radius 1 is 0.277 bits per heavy atom. The topological polar surface area (TPSA) is 99.6 Å². The summed E-state index contributed by atoms with van der Waals surface area (Å²) in [7, 11) is 13.1. The molecule has 0 unspecified atom stereocenters. The zero-order valence-electron chi connectivity index (χ0n) is 40.6. The fourth-order valence-electron chi connectivity index (χ4n) is 10.9. The van der Waals surface area contributed by atoms with E-state index in [1.165, 1.54) is 0 Å². The minimum atomic E-state index is -0.803. The Labute approximate surface area is 389 Å². The molecule has 0 spiro atoms. The van der Waals surface area contributed by atoms with Crippen molar-refractivity contribution in [3.8, 4) is 17.2 Å². The first-order valence-corrected chi connectivity index (χ1v) is 24.5. The highest BCUT2D eigenvalue weighted by Crippen LogP contribution is 2.52. The minimum Gasteiger partial charge on any atom is -0.504 e. The zero-order valence-corrected chi connectivity index (χ0v) is 40.6. The van der Waals surface area contributed by atoms with E-state index in [4.69, 9.17) is 0 Å². The van der Waals surface area contributed by atoms with Gasteiger partial charge in [-0.25, -0.2) is 0 Å². The lowest BCUT2D eigenvalue weighted by molar-refractivity contribution is 0.309. The van der Waals surface area contributed by atoms with Gasteiger partial charge in [-0.2, -0.15) is 0 Å². The van der Waals surface area contributed by atoms with Crippen molar-refractivity contribution in [2.45, 2.75) is 12.3 Å². The van der Waals surface area contributed by atoms with Crippen LogP contribution in [-0.4, -0.2) is 244 Å². The number of phenolic OH excluding ortho intramolecular Hbond substituents is 3. The van der Waals surface area contributed by atoms with Crippen LogP contribution in [0, 0.1) is 0 Å². The number of likely N-dealkylation sites (N-methyl/N-ethyl adjacent to an activating group) is 6. The van der Waals surface area contributed by atoms with Gasteiger partial charge in [-0.1, -0.05) is 0 Å². The Hall–Kier alpha value is -4.38. The highest BCUT2D eigenvalue weighted by atomic mass is 16.3. The van der Waals surface area contributed by atoms with Gasteiger partial charge in [-0.05, 0) is 102 Å². The fourth-order valence-corrected chi connectivity index (χ4v) is 10.9. The van der Waals surface area contributed by atoms with Gasteiger partial charge in [0, 0.05) is 162 Å². The molecule has 6 saturated heterocycles. The van der Waals surface area contributed by atoms with E-state index in [2.05, 4.69) is 144 Å². The zero-order chi connectivity index (χ0) is 45.6. The van der Waals surface area contributed by atoms with Crippen molar-refractivity contribution in [1.82, 2.24) is 29.4 Å². The van der Waals surface area contributed by atoms with Gasteiger partial charge >= 0.3 is 0 Å². The van der Waals surface area contributed by atoms with E-state index < -0.39 is 5.41 Å². The molecule has 0 aromatic heterocycles. The van der Waals surface area contributed by atoms with E-state index in [0.29, 0.717) is 17.2 Å². The van der Waals surface area contributed by atoms with Crippen LogP contribution in [0.5, 0.6) is 17.2 Å². The summed E-state index contributed by atoms with van der Waals surface area (Å²) < 4.78 is 0. The summed E-state index contributed by atoms with van der Waals surface area (Å²) in [5.41, 5.74) is 7.76. The van der Waals surface area contributed by atoms with Crippen molar-refractivity contribution in [2.24, 2.45) is 0 Å². The molecule has 15 heteroatoms. The molecule has 6 aliphatic rings. The molecule has 3 aromatic rings. The van der Waals surface area contributed by atoms with Gasteiger partial charge in [0.25, 0.3) is 0 Å². The lowest BCUT2D eigenvalue weighted by Crippen LogP contribution is -2.46. The fraction of sp³-hybridized carbons (Fsp3) is 0.640. The summed E-state index contributed by atoms with van der Waals surface area (Å²) in [6.45, 7) is 23.4. The first kappa shape index (κ1) is 45.8. The highest BCUT2D eigenvalue weighted by molar-refractivity contribution is 5.81. The molecule has 0 saturated carbocycles. The highest BCUT2D eigenvalue weighted by Gasteiger charge is 2.39. The molecule has 3 aromatic carbocycles. The quantitative estimate of drug-likeness (QED) is 0.275. The predicted molar refractivity (Wildman–Crippen MR) is 268 cm³/mol. The van der Waals surface area contributed by atoms with Crippen LogP contribution in [0.1, 0.15) is 23.6 Å². The second kappa shape index (κ2) is 19.1. The van der Waals surface area contributed by atoms with Gasteiger partial charge in [-0.15, -0.1) is 0 Å². The van der Waals surface area contributed by atoms with Crippen molar-refractivity contribution >= 4 is 34.1 Å². The van der Waals surface area contributed by atoms with Crippen LogP contribution in [-0.2, 0) is 5.41 Å². The van der Waals surface area contributed by atoms with Crippen LogP contribution in [0.3, 0.4) is 0 Å². The number of aromatic hydroxyl groups is 3. The van der Waals surface area contributed by atoms with Gasteiger partial charge < -0.3 is 74.1 Å². The van der Waals surface area contributed by atoms with E-state index >= 15 is 0 Å². The summed E-state index contributed by atoms with van der Waals surface area (Å²) in [5.74, 6) is 1.07. The third kappa shape index (κ3) is 9.33. The number of hydrogen-bond donors (Lipinski definition) is 3. The number of hydrogen-bond acceptors (Lipinski definition) is 15. The smallest absolute Gasteiger partial charge is 0.162 e. The summed E-state index contributed by atoms with van der Waals surface area (Å²) >= 11 is 0. The standard InChI is InChI=1S/C50H78N12O3/c1-50(38-32-41(57-20-8-51(2)9-21-57)47(63)42(33-38)58-22-10-52(3)11-23-58,39-34-43(59-24-12-53(4)13-25-59)48(64)44(35-39)60-26-14-54(5)15-27-60)40-36-45(61-28-16-55(6)17-29-61)49(65)46(37-40)62-30-18-56(7)19-31-62/h32-37,63-65H,8-31H2,1-7H3. The molecule has 0 aliphatic carbocycles. The first-order chi connectivity index (χ1) is 31.3. The maximum atomic E-state index is 12.6. The second-order valence-electron chi connectivity index (χ2n) is 20.5. The van der Waals surface area contributed by atoms with Gasteiger partial charge in [-0.3, -0.25) is 0 Å². The summed E-state index contributed by atoms with van der Waals surface area (Å²) in [6.07, 6.45) is 0. The Morgan fingerprint density at radius 3 is 0.554 bits per heavy atom. The van der Waals surface area contributed by atoms with Crippen molar-refractivity contribution in [3.05, 3.63) is 53.1 Å². The largest absolute Gasteiger partial charge is 0.504 e. The number of benzene rings is 3. The molecular weight excluding hydrogens is 817 g/mol. The van der Waals surface area contributed by atoms with E-state index in [-0.39, 0.29) is 0 Å². The van der Waals surface area contributed by atoms with Crippen molar-refractivity contribution < 1.29 is 15.3 Å². The average Bonchev–Trinajstić information content (AvgIpc) is 3.31. The normalized spacial score (nSPS) is 22.4. The van der Waals surface area contributed by atoms with Crippen LogP contribution in [0.15, 0.2) is 36.4 Å². The molecule has 6 fully saturated rings. The number of nitrogens with zero attached hydrogens (tertiary/aromatic N) is 12. The maximum Gasteiger partial charge on any atom is 0.162 e. The van der Waals surface area contributed by atoms with Gasteiger partial charge in [0.05, 0.1) is 34.1 Å². The molecule has 6 heterocycles. The molecule has 3 N–H and O–H groups in total. The van der Waals surface area contributed by atoms with Crippen molar-refractivity contribution in [2.75, 3.05) is 229 Å². The molecule has 6 aliphatic heterocycles. The lowest BCUT2D eigenvalue weighted by Gasteiger charge is -2.42. The number of rotatable bonds is 9. The predicted octanol–water partition coefficient (Wildman–Crippen LogP) is 2.67. The van der Waals surface area contributed by atoms with E-state index in [0.717, 1.165) is 208 Å². The summed E-state index contributed by atoms with van der Waals surface area (Å²) in [5, 5.41) is 37.7. The van der Waals surface area contributed by atoms with Crippen molar-refractivity contribution in [3.63, 3.8) is 0 Å². The molecule has 0 amide bonds. The van der Waals surface area contributed by atoms with Gasteiger partial charge in [0.1, 0.15) is 0 Å². The lowest BCUT2D eigenvalue weighted by atomic mass is 9.70. The van der Waals surface area contributed by atoms with Gasteiger partial charge in [0.15, 0.2) is 17.2 Å². The minimum absolute atomic E-state index is 0.356. The van der Waals surface area contributed by atoms with Crippen molar-refractivity contribution in [1.29, 1.82) is 0 Å². The Bertz CT molecular complexity index is 1740. The summed E-state index contributed by atoms with van der Waals surface area (Å²) in [4.78, 5) is 28.6. The molecule has 356 valence electrons. The molecule has 9 rings (SSSR count). The van der Waals surface area contributed by atoms with Gasteiger partial charge in [0.2, 0.25) is 0 Å². The second-order valence-corrected chi connectivity index (χ2v) is 20.5. The molecule has 65 heavy (non-hydrogen) atoms. The van der Waals surface area contributed by atoms with Crippen LogP contribution in [0.25, 0.3) is 0 Å². The van der Waals surface area contributed by atoms with E-state index in [1.54, 1.807) is 0 Å². The van der Waals surface area contributed by atoms with Crippen LogP contribution in [0.2, 0.25) is 0 Å². The number of anilines is 6. The average molecular weight is 895 g/mol. The molecule has 15 nitrogen and oxygen atoms in total. The third-order valence-corrected chi connectivity index (χ3v) is 16.0. The molecule has 0 atom stereocenters. The summed E-state index contributed by atoms with van der Waals surface area (Å²) in [6, 6.07) is 13.7. The van der Waals surface area contributed by atoms with E-state index in [1.807, 2.05) is 0 Å². The van der Waals surface area contributed by atoms with Crippen LogP contribution >= 0.6 is 0 Å². The molecule has 0 radical (unpaired) electrons. The Kier molecular flexibility index (Phi) is 13.4. The first-order valence-electron chi connectivity index (χ1n) is 24.5. The van der Waals surface area contributed by atoms with Crippen LogP contribution < -0.4 is 29.4 Å². The monoisotopic (exact) mass is 895 g/mol. The van der Waals surface area contributed by atoms with Crippen LogP contribution in [0.4, 0.5) is 34.1 Å².